The van der Waals surface area contributed by atoms with E-state index in [9.17, 15) is 8.42 Å². The second kappa shape index (κ2) is 3.58. The Kier molecular flexibility index (Phi) is 2.90. The third kappa shape index (κ3) is 2.95. The minimum atomic E-state index is -3.25. The van der Waals surface area contributed by atoms with Gasteiger partial charge in [0, 0.05) is 0 Å². The van der Waals surface area contributed by atoms with Gasteiger partial charge in [-0.2, -0.15) is 8.42 Å². The van der Waals surface area contributed by atoms with Crippen molar-refractivity contribution in [2.45, 2.75) is 32.3 Å². The molecule has 0 radical (unpaired) electrons. The van der Waals surface area contributed by atoms with Crippen LogP contribution >= 0.6 is 0 Å². The highest BCUT2D eigenvalue weighted by Crippen LogP contribution is 2.30. The van der Waals surface area contributed by atoms with E-state index in [1.54, 1.807) is 0 Å². The summed E-state index contributed by atoms with van der Waals surface area (Å²) in [4.78, 5) is 0. The number of allylic oxidation sites excluding steroid dienone is 1. The second-order valence-corrected chi connectivity index (χ2v) is 4.70. The van der Waals surface area contributed by atoms with Crippen molar-refractivity contribution in [2.75, 3.05) is 6.26 Å². The molecule has 0 unspecified atom stereocenters. The van der Waals surface area contributed by atoms with Crippen LogP contribution in [-0.2, 0) is 14.3 Å². The van der Waals surface area contributed by atoms with Crippen LogP contribution in [0.3, 0.4) is 0 Å². The molecule has 1 aliphatic rings. The van der Waals surface area contributed by atoms with E-state index in [2.05, 4.69) is 13.0 Å². The zero-order chi connectivity index (χ0) is 9.19. The number of hydrogen-bond acceptors (Lipinski definition) is 3. The summed E-state index contributed by atoms with van der Waals surface area (Å²) in [6, 6.07) is 0. The Morgan fingerprint density at radius 2 is 2.17 bits per heavy atom. The summed E-state index contributed by atoms with van der Waals surface area (Å²) in [5, 5.41) is 0. The van der Waals surface area contributed by atoms with Gasteiger partial charge in [-0.1, -0.05) is 18.6 Å². The highest BCUT2D eigenvalue weighted by atomic mass is 32.2. The van der Waals surface area contributed by atoms with E-state index in [0.29, 0.717) is 0 Å². The molecule has 0 N–H and O–H groups in total. The third-order valence-electron chi connectivity index (χ3n) is 1.78. The molecular weight excluding hydrogens is 176 g/mol. The van der Waals surface area contributed by atoms with Crippen LogP contribution in [-0.4, -0.2) is 20.8 Å². The van der Waals surface area contributed by atoms with Crippen LogP contribution in [0.1, 0.15) is 26.2 Å². The molecule has 0 aromatic rings. The van der Waals surface area contributed by atoms with Crippen molar-refractivity contribution in [2.24, 2.45) is 0 Å². The van der Waals surface area contributed by atoms with Crippen molar-refractivity contribution in [3.63, 3.8) is 0 Å². The summed E-state index contributed by atoms with van der Waals surface area (Å²) >= 11 is 0. The lowest BCUT2D eigenvalue weighted by Gasteiger charge is -2.27. The molecule has 0 saturated heterocycles. The van der Waals surface area contributed by atoms with Gasteiger partial charge in [-0.15, -0.1) is 0 Å². The maximum absolute atomic E-state index is 10.7. The highest BCUT2D eigenvalue weighted by molar-refractivity contribution is 7.86. The first kappa shape index (κ1) is 9.74. The molecule has 4 heteroatoms. The van der Waals surface area contributed by atoms with Gasteiger partial charge >= 0.3 is 0 Å². The molecule has 0 heterocycles. The summed E-state index contributed by atoms with van der Waals surface area (Å²) in [5.41, 5.74) is 1.31. The fourth-order valence-electron chi connectivity index (χ4n) is 1.30. The summed E-state index contributed by atoms with van der Waals surface area (Å²) in [7, 11) is -3.25. The third-order valence-corrected chi connectivity index (χ3v) is 2.41. The van der Waals surface area contributed by atoms with Crippen LogP contribution in [0.5, 0.6) is 0 Å². The minimum Gasteiger partial charge on any atom is -0.266 e. The van der Waals surface area contributed by atoms with Gasteiger partial charge in [-0.3, -0.25) is 4.18 Å². The van der Waals surface area contributed by atoms with E-state index in [0.717, 1.165) is 25.5 Å². The first-order valence-corrected chi connectivity index (χ1v) is 5.89. The molecule has 12 heavy (non-hydrogen) atoms. The summed E-state index contributed by atoms with van der Waals surface area (Å²) in [5.74, 6) is 0. The van der Waals surface area contributed by atoms with Crippen molar-refractivity contribution >= 4 is 10.1 Å². The fraction of sp³-hybridized carbons (Fsp3) is 0.750. The van der Waals surface area contributed by atoms with Crippen LogP contribution in [0, 0.1) is 0 Å². The maximum atomic E-state index is 10.7. The molecule has 1 saturated carbocycles. The van der Waals surface area contributed by atoms with Gasteiger partial charge < -0.3 is 0 Å². The van der Waals surface area contributed by atoms with Gasteiger partial charge in [0.2, 0.25) is 0 Å². The maximum Gasteiger partial charge on any atom is 0.264 e. The molecule has 0 bridgehead atoms. The molecule has 0 spiro atoms. The summed E-state index contributed by atoms with van der Waals surface area (Å²) in [6.45, 7) is 2.07. The van der Waals surface area contributed by atoms with Crippen molar-refractivity contribution in [3.05, 3.63) is 11.6 Å². The van der Waals surface area contributed by atoms with Gasteiger partial charge in [0.1, 0.15) is 0 Å². The van der Waals surface area contributed by atoms with Gasteiger partial charge in [0.25, 0.3) is 10.1 Å². The Morgan fingerprint density at radius 1 is 1.58 bits per heavy atom. The normalized spacial score (nSPS) is 23.5. The largest absolute Gasteiger partial charge is 0.266 e. The molecule has 0 aromatic carbocycles. The molecule has 1 aliphatic carbocycles. The monoisotopic (exact) mass is 190 g/mol. The lowest BCUT2D eigenvalue weighted by atomic mass is 9.88. The van der Waals surface area contributed by atoms with Crippen LogP contribution in [0.2, 0.25) is 0 Å². The predicted octanol–water partition coefficient (Wildman–Crippen LogP) is 1.46. The molecule has 0 aliphatic heterocycles. The minimum absolute atomic E-state index is 0.0993. The lowest BCUT2D eigenvalue weighted by molar-refractivity contribution is 0.171. The Bertz CT molecular complexity index is 269. The van der Waals surface area contributed by atoms with Crippen molar-refractivity contribution < 1.29 is 12.6 Å². The molecule has 0 aromatic heterocycles. The van der Waals surface area contributed by atoms with Crippen molar-refractivity contribution in [1.82, 2.24) is 0 Å². The topological polar surface area (TPSA) is 43.4 Å². The van der Waals surface area contributed by atoms with E-state index < -0.39 is 10.1 Å². The Morgan fingerprint density at radius 3 is 2.58 bits per heavy atom. The first-order valence-electron chi connectivity index (χ1n) is 4.07. The van der Waals surface area contributed by atoms with Crippen LogP contribution in [0.15, 0.2) is 11.6 Å². The molecule has 1 rings (SSSR count). The molecule has 70 valence electrons. The Labute approximate surface area is 73.5 Å². The van der Waals surface area contributed by atoms with Gasteiger partial charge in [-0.05, 0) is 19.3 Å². The van der Waals surface area contributed by atoms with E-state index in [-0.39, 0.29) is 6.10 Å². The number of hydrogen-bond donors (Lipinski definition) is 0. The number of rotatable bonds is 3. The highest BCUT2D eigenvalue weighted by Gasteiger charge is 2.26. The smallest absolute Gasteiger partial charge is 0.264 e. The van der Waals surface area contributed by atoms with Crippen molar-refractivity contribution in [3.8, 4) is 0 Å². The summed E-state index contributed by atoms with van der Waals surface area (Å²) < 4.78 is 26.1. The average Bonchev–Trinajstić information content (AvgIpc) is 1.80. The molecular formula is C8H14O3S. The standard InChI is InChI=1S/C8H14O3S/c1-3-4-7-5-8(6-7)11-12(2,9)10/h4,8H,3,5-6H2,1-2H3. The fourth-order valence-corrected chi connectivity index (χ4v) is 1.93. The predicted molar refractivity (Wildman–Crippen MR) is 47.3 cm³/mol. The van der Waals surface area contributed by atoms with Gasteiger partial charge in [0.05, 0.1) is 12.4 Å². The first-order chi connectivity index (χ1) is 5.51. The van der Waals surface area contributed by atoms with Crippen LogP contribution < -0.4 is 0 Å². The van der Waals surface area contributed by atoms with Gasteiger partial charge in [0.15, 0.2) is 0 Å². The van der Waals surface area contributed by atoms with Crippen LogP contribution in [0.25, 0.3) is 0 Å². The van der Waals surface area contributed by atoms with E-state index in [1.165, 1.54) is 5.57 Å². The quantitative estimate of drug-likeness (QED) is 0.500. The summed E-state index contributed by atoms with van der Waals surface area (Å²) in [6.07, 6.45) is 5.69. The van der Waals surface area contributed by atoms with E-state index >= 15 is 0 Å². The SMILES string of the molecule is CCC=C1CC(OS(C)(=O)=O)C1. The molecule has 0 atom stereocenters. The van der Waals surface area contributed by atoms with E-state index in [4.69, 9.17) is 4.18 Å². The zero-order valence-electron chi connectivity index (χ0n) is 7.41. The molecule has 1 fully saturated rings. The van der Waals surface area contributed by atoms with Crippen LogP contribution in [0.4, 0.5) is 0 Å². The molecule has 0 amide bonds. The molecule has 3 nitrogen and oxygen atoms in total. The van der Waals surface area contributed by atoms with E-state index in [1.807, 2.05) is 0 Å². The Balaban J connectivity index is 2.32. The van der Waals surface area contributed by atoms with Gasteiger partial charge in [-0.25, -0.2) is 0 Å². The van der Waals surface area contributed by atoms with Crippen molar-refractivity contribution in [1.29, 1.82) is 0 Å². The Hall–Kier alpha value is -0.350. The lowest BCUT2D eigenvalue weighted by Crippen LogP contribution is -2.26. The average molecular weight is 190 g/mol. The second-order valence-electron chi connectivity index (χ2n) is 3.10. The zero-order valence-corrected chi connectivity index (χ0v) is 8.23.